The van der Waals surface area contributed by atoms with Crippen molar-refractivity contribution in [3.8, 4) is 11.8 Å². The average molecular weight is 321 g/mol. The lowest BCUT2D eigenvalue weighted by Crippen LogP contribution is -2.13. The molecule has 0 aromatic heterocycles. The van der Waals surface area contributed by atoms with E-state index < -0.39 is 5.91 Å². The lowest BCUT2D eigenvalue weighted by Gasteiger charge is -2.12. The number of nitriles is 1. The molecule has 0 aliphatic rings. The van der Waals surface area contributed by atoms with Gasteiger partial charge < -0.3 is 15.0 Å². The molecule has 2 aromatic rings. The maximum atomic E-state index is 12.2. The zero-order valence-corrected chi connectivity index (χ0v) is 13.9. The van der Waals surface area contributed by atoms with Gasteiger partial charge in [-0.1, -0.05) is 12.1 Å². The van der Waals surface area contributed by atoms with E-state index in [4.69, 9.17) is 4.74 Å². The molecule has 1 amide bonds. The molecule has 0 heterocycles. The van der Waals surface area contributed by atoms with E-state index in [1.54, 1.807) is 37.5 Å². The average Bonchev–Trinajstić information content (AvgIpc) is 2.60. The number of nitrogens with zero attached hydrogens (tertiary/aromatic N) is 2. The summed E-state index contributed by atoms with van der Waals surface area (Å²) < 4.78 is 5.07. The molecule has 0 spiro atoms. The predicted molar refractivity (Wildman–Crippen MR) is 96.0 cm³/mol. The largest absolute Gasteiger partial charge is 0.497 e. The second-order valence-corrected chi connectivity index (χ2v) is 5.34. The molecular formula is C19H19N3O2. The molecule has 0 aliphatic carbocycles. The SMILES string of the molecule is COc1ccc(NC(=O)/C(C#N)=C\c2ccc(N(C)C)cc2)cc1. The van der Waals surface area contributed by atoms with Gasteiger partial charge in [0, 0.05) is 25.5 Å². The Hall–Kier alpha value is -3.26. The summed E-state index contributed by atoms with van der Waals surface area (Å²) in [5.74, 6) is 0.254. The van der Waals surface area contributed by atoms with Gasteiger partial charge in [0.15, 0.2) is 0 Å². The Kier molecular flexibility index (Phi) is 5.58. The molecule has 2 rings (SSSR count). The predicted octanol–water partition coefficient (Wildman–Crippen LogP) is 3.31. The van der Waals surface area contributed by atoms with Crippen molar-refractivity contribution in [2.45, 2.75) is 0 Å². The Labute approximate surface area is 141 Å². The summed E-state index contributed by atoms with van der Waals surface area (Å²) in [7, 11) is 5.48. The van der Waals surface area contributed by atoms with E-state index in [0.29, 0.717) is 11.4 Å². The van der Waals surface area contributed by atoms with E-state index in [2.05, 4.69) is 5.32 Å². The Morgan fingerprint density at radius 1 is 1.12 bits per heavy atom. The number of methoxy groups -OCH3 is 1. The topological polar surface area (TPSA) is 65.4 Å². The first-order chi connectivity index (χ1) is 11.5. The summed E-state index contributed by atoms with van der Waals surface area (Å²) >= 11 is 0. The summed E-state index contributed by atoms with van der Waals surface area (Å²) in [5, 5.41) is 12.0. The van der Waals surface area contributed by atoms with Crippen molar-refractivity contribution in [1.29, 1.82) is 5.26 Å². The number of ether oxygens (including phenoxy) is 1. The van der Waals surface area contributed by atoms with Crippen molar-refractivity contribution in [3.63, 3.8) is 0 Å². The second kappa shape index (κ2) is 7.84. The zero-order valence-electron chi connectivity index (χ0n) is 13.9. The lowest BCUT2D eigenvalue weighted by atomic mass is 10.1. The minimum absolute atomic E-state index is 0.0448. The molecular weight excluding hydrogens is 302 g/mol. The van der Waals surface area contributed by atoms with Gasteiger partial charge in [-0.3, -0.25) is 4.79 Å². The number of carbonyl (C=O) groups excluding carboxylic acids is 1. The van der Waals surface area contributed by atoms with Crippen LogP contribution in [-0.4, -0.2) is 27.1 Å². The third-order valence-electron chi connectivity index (χ3n) is 3.43. The molecule has 0 saturated heterocycles. The Bertz CT molecular complexity index is 770. The molecule has 0 unspecified atom stereocenters. The fourth-order valence-electron chi connectivity index (χ4n) is 2.06. The fraction of sp³-hybridized carbons (Fsp3) is 0.158. The third kappa shape index (κ3) is 4.37. The number of amides is 1. The van der Waals surface area contributed by atoms with E-state index in [1.165, 1.54) is 0 Å². The van der Waals surface area contributed by atoms with Gasteiger partial charge in [-0.05, 0) is 48.0 Å². The Morgan fingerprint density at radius 2 is 1.75 bits per heavy atom. The van der Waals surface area contributed by atoms with Crippen LogP contribution in [0, 0.1) is 11.3 Å². The van der Waals surface area contributed by atoms with Gasteiger partial charge in [-0.2, -0.15) is 5.26 Å². The van der Waals surface area contributed by atoms with Crippen LogP contribution in [0.4, 0.5) is 11.4 Å². The smallest absolute Gasteiger partial charge is 0.266 e. The minimum Gasteiger partial charge on any atom is -0.497 e. The van der Waals surface area contributed by atoms with Crippen molar-refractivity contribution in [2.75, 3.05) is 31.4 Å². The van der Waals surface area contributed by atoms with E-state index >= 15 is 0 Å². The number of hydrogen-bond donors (Lipinski definition) is 1. The highest BCUT2D eigenvalue weighted by Gasteiger charge is 2.09. The monoisotopic (exact) mass is 321 g/mol. The maximum Gasteiger partial charge on any atom is 0.266 e. The maximum absolute atomic E-state index is 12.2. The van der Waals surface area contributed by atoms with Gasteiger partial charge in [-0.15, -0.1) is 0 Å². The van der Waals surface area contributed by atoms with Crippen molar-refractivity contribution < 1.29 is 9.53 Å². The van der Waals surface area contributed by atoms with E-state index in [0.717, 1.165) is 11.3 Å². The van der Waals surface area contributed by atoms with Gasteiger partial charge in [0.2, 0.25) is 0 Å². The number of anilines is 2. The van der Waals surface area contributed by atoms with Crippen LogP contribution < -0.4 is 15.0 Å². The van der Waals surface area contributed by atoms with Crippen LogP contribution in [0.5, 0.6) is 5.75 Å². The van der Waals surface area contributed by atoms with Gasteiger partial charge in [-0.25, -0.2) is 0 Å². The molecule has 0 saturated carbocycles. The first-order valence-electron chi connectivity index (χ1n) is 7.38. The molecule has 0 aliphatic heterocycles. The van der Waals surface area contributed by atoms with Gasteiger partial charge >= 0.3 is 0 Å². The van der Waals surface area contributed by atoms with Crippen LogP contribution in [0.3, 0.4) is 0 Å². The van der Waals surface area contributed by atoms with Crippen LogP contribution in [0.25, 0.3) is 6.08 Å². The third-order valence-corrected chi connectivity index (χ3v) is 3.43. The van der Waals surface area contributed by atoms with Crippen LogP contribution in [-0.2, 0) is 4.79 Å². The molecule has 0 bridgehead atoms. The van der Waals surface area contributed by atoms with Crippen LogP contribution >= 0.6 is 0 Å². The molecule has 24 heavy (non-hydrogen) atoms. The second-order valence-electron chi connectivity index (χ2n) is 5.34. The minimum atomic E-state index is -0.445. The Morgan fingerprint density at radius 3 is 2.25 bits per heavy atom. The first-order valence-corrected chi connectivity index (χ1v) is 7.38. The quantitative estimate of drug-likeness (QED) is 0.678. The van der Waals surface area contributed by atoms with Crippen molar-refractivity contribution >= 4 is 23.4 Å². The summed E-state index contributed by atoms with van der Waals surface area (Å²) in [4.78, 5) is 14.2. The van der Waals surface area contributed by atoms with Crippen molar-refractivity contribution in [3.05, 3.63) is 59.7 Å². The van der Waals surface area contributed by atoms with Crippen LogP contribution in [0.2, 0.25) is 0 Å². The van der Waals surface area contributed by atoms with Crippen LogP contribution in [0.15, 0.2) is 54.1 Å². The highest BCUT2D eigenvalue weighted by atomic mass is 16.5. The molecule has 5 nitrogen and oxygen atoms in total. The molecule has 0 radical (unpaired) electrons. The molecule has 0 fully saturated rings. The lowest BCUT2D eigenvalue weighted by molar-refractivity contribution is -0.112. The Balaban J connectivity index is 2.14. The van der Waals surface area contributed by atoms with Gasteiger partial charge in [0.05, 0.1) is 7.11 Å². The number of nitrogens with one attached hydrogen (secondary N) is 1. The van der Waals surface area contributed by atoms with Gasteiger partial charge in [0.25, 0.3) is 5.91 Å². The van der Waals surface area contributed by atoms with E-state index in [-0.39, 0.29) is 5.57 Å². The summed E-state index contributed by atoms with van der Waals surface area (Å²) in [6, 6.07) is 16.5. The summed E-state index contributed by atoms with van der Waals surface area (Å²) in [6.07, 6.45) is 1.57. The highest BCUT2D eigenvalue weighted by molar-refractivity contribution is 6.09. The summed E-state index contributed by atoms with van der Waals surface area (Å²) in [6.45, 7) is 0. The highest BCUT2D eigenvalue weighted by Crippen LogP contribution is 2.17. The number of rotatable bonds is 5. The summed E-state index contributed by atoms with van der Waals surface area (Å²) in [5.41, 5.74) is 2.49. The molecule has 2 aromatic carbocycles. The van der Waals surface area contributed by atoms with E-state index in [1.807, 2.05) is 49.3 Å². The number of benzene rings is 2. The standard InChI is InChI=1S/C19H19N3O2/c1-22(2)17-8-4-14(5-9-17)12-15(13-20)19(23)21-16-6-10-18(24-3)11-7-16/h4-12H,1-3H3,(H,21,23)/b15-12-. The van der Waals surface area contributed by atoms with Crippen LogP contribution in [0.1, 0.15) is 5.56 Å². The van der Waals surface area contributed by atoms with Crippen molar-refractivity contribution in [1.82, 2.24) is 0 Å². The number of hydrogen-bond acceptors (Lipinski definition) is 4. The van der Waals surface area contributed by atoms with E-state index in [9.17, 15) is 10.1 Å². The molecule has 1 N–H and O–H groups in total. The van der Waals surface area contributed by atoms with Gasteiger partial charge in [0.1, 0.15) is 17.4 Å². The molecule has 122 valence electrons. The van der Waals surface area contributed by atoms with Crippen molar-refractivity contribution in [2.24, 2.45) is 0 Å². The molecule has 0 atom stereocenters. The zero-order chi connectivity index (χ0) is 17.5. The first kappa shape index (κ1) is 17.1. The fourth-order valence-corrected chi connectivity index (χ4v) is 2.06. The number of carbonyl (C=O) groups is 1. The normalized spacial score (nSPS) is 10.7. The molecule has 5 heteroatoms.